The summed E-state index contributed by atoms with van der Waals surface area (Å²) in [5.41, 5.74) is 2.88. The molecule has 3 aromatic rings. The summed E-state index contributed by atoms with van der Waals surface area (Å²) in [6.07, 6.45) is 6.23. The lowest BCUT2D eigenvalue weighted by Crippen LogP contribution is -2.00. The topological polar surface area (TPSA) is 43.6 Å². The highest BCUT2D eigenvalue weighted by Gasteiger charge is 2.10. The zero-order chi connectivity index (χ0) is 11.7. The van der Waals surface area contributed by atoms with Crippen molar-refractivity contribution < 1.29 is 0 Å². The first-order chi connectivity index (χ1) is 8.40. The summed E-state index contributed by atoms with van der Waals surface area (Å²) < 4.78 is 2.08. The van der Waals surface area contributed by atoms with Crippen LogP contribution in [0.25, 0.3) is 16.9 Å². The molecule has 0 saturated carbocycles. The fraction of sp³-hybridized carbons (Fsp3) is 0.154. The van der Waals surface area contributed by atoms with E-state index in [-0.39, 0.29) is 0 Å². The minimum Gasteiger partial charge on any atom is -0.281 e. The summed E-state index contributed by atoms with van der Waals surface area (Å²) in [4.78, 5) is 13.0. The molecule has 84 valence electrons. The second-order valence-corrected chi connectivity index (χ2v) is 3.77. The number of hydrogen-bond donors (Lipinski definition) is 0. The van der Waals surface area contributed by atoms with Gasteiger partial charge in [-0.1, -0.05) is 6.92 Å². The lowest BCUT2D eigenvalue weighted by Gasteiger charge is -2.06. The summed E-state index contributed by atoms with van der Waals surface area (Å²) in [7, 11) is 0. The predicted octanol–water partition coefficient (Wildman–Crippen LogP) is 2.38. The normalized spacial score (nSPS) is 10.9. The molecule has 3 aromatic heterocycles. The third kappa shape index (κ3) is 1.58. The summed E-state index contributed by atoms with van der Waals surface area (Å²) in [5.74, 6) is 1.02. The van der Waals surface area contributed by atoms with Crippen LogP contribution in [-0.4, -0.2) is 19.5 Å². The zero-order valence-corrected chi connectivity index (χ0v) is 9.54. The van der Waals surface area contributed by atoms with E-state index in [4.69, 9.17) is 0 Å². The molecule has 0 aliphatic heterocycles. The average Bonchev–Trinajstić information content (AvgIpc) is 2.78. The van der Waals surface area contributed by atoms with Crippen molar-refractivity contribution in [3.05, 3.63) is 48.7 Å². The molecule has 0 saturated heterocycles. The van der Waals surface area contributed by atoms with Gasteiger partial charge in [0, 0.05) is 25.0 Å². The Balaban J connectivity index is 2.34. The quantitative estimate of drug-likeness (QED) is 0.671. The molecule has 0 aliphatic rings. The number of hydrogen-bond acceptors (Lipinski definition) is 3. The van der Waals surface area contributed by atoms with Gasteiger partial charge in [-0.25, -0.2) is 9.97 Å². The summed E-state index contributed by atoms with van der Waals surface area (Å²) in [6, 6.07) is 7.83. The van der Waals surface area contributed by atoms with Crippen molar-refractivity contribution in [1.29, 1.82) is 0 Å². The van der Waals surface area contributed by atoms with E-state index in [0.29, 0.717) is 0 Å². The molecule has 0 spiro atoms. The maximum Gasteiger partial charge on any atom is 0.164 e. The van der Waals surface area contributed by atoms with Crippen molar-refractivity contribution in [3.8, 4) is 5.69 Å². The maximum atomic E-state index is 4.59. The van der Waals surface area contributed by atoms with Crippen molar-refractivity contribution in [2.45, 2.75) is 13.3 Å². The molecule has 0 radical (unpaired) electrons. The maximum absolute atomic E-state index is 4.59. The van der Waals surface area contributed by atoms with E-state index in [0.717, 1.165) is 29.1 Å². The number of pyridine rings is 2. The van der Waals surface area contributed by atoms with Crippen LogP contribution >= 0.6 is 0 Å². The Morgan fingerprint density at radius 2 is 1.94 bits per heavy atom. The van der Waals surface area contributed by atoms with E-state index in [1.807, 2.05) is 24.3 Å². The van der Waals surface area contributed by atoms with Crippen molar-refractivity contribution in [2.24, 2.45) is 0 Å². The second kappa shape index (κ2) is 3.97. The van der Waals surface area contributed by atoms with E-state index in [2.05, 4.69) is 26.4 Å². The summed E-state index contributed by atoms with van der Waals surface area (Å²) in [5, 5.41) is 0. The molecule has 0 fully saturated rings. The van der Waals surface area contributed by atoms with Gasteiger partial charge in [0.2, 0.25) is 0 Å². The number of imidazole rings is 1. The van der Waals surface area contributed by atoms with E-state index < -0.39 is 0 Å². The van der Waals surface area contributed by atoms with E-state index in [9.17, 15) is 0 Å². The van der Waals surface area contributed by atoms with Gasteiger partial charge in [-0.15, -0.1) is 0 Å². The van der Waals surface area contributed by atoms with Gasteiger partial charge in [-0.3, -0.25) is 9.55 Å². The van der Waals surface area contributed by atoms with Crippen LogP contribution in [0, 0.1) is 0 Å². The number of fused-ring (bicyclic) bond motifs is 1. The van der Waals surface area contributed by atoms with Crippen LogP contribution in [-0.2, 0) is 6.42 Å². The van der Waals surface area contributed by atoms with Crippen LogP contribution in [0.2, 0.25) is 0 Å². The second-order valence-electron chi connectivity index (χ2n) is 3.77. The highest BCUT2D eigenvalue weighted by atomic mass is 15.1. The summed E-state index contributed by atoms with van der Waals surface area (Å²) >= 11 is 0. The van der Waals surface area contributed by atoms with Crippen LogP contribution in [0.1, 0.15) is 12.7 Å². The molecule has 3 heterocycles. The molecule has 0 aliphatic carbocycles. The van der Waals surface area contributed by atoms with E-state index in [1.165, 1.54) is 0 Å². The molecule has 0 bridgehead atoms. The third-order valence-electron chi connectivity index (χ3n) is 2.72. The summed E-state index contributed by atoms with van der Waals surface area (Å²) in [6.45, 7) is 2.10. The minimum absolute atomic E-state index is 0.874. The van der Waals surface area contributed by atoms with Crippen LogP contribution < -0.4 is 0 Å². The Bertz CT molecular complexity index is 643. The molecule has 0 unspecified atom stereocenters. The first kappa shape index (κ1) is 9.96. The van der Waals surface area contributed by atoms with Crippen molar-refractivity contribution >= 4 is 11.2 Å². The van der Waals surface area contributed by atoms with E-state index >= 15 is 0 Å². The van der Waals surface area contributed by atoms with Gasteiger partial charge < -0.3 is 0 Å². The highest BCUT2D eigenvalue weighted by Crippen LogP contribution is 2.19. The molecule has 0 N–H and O–H groups in total. The van der Waals surface area contributed by atoms with Gasteiger partial charge in [0.1, 0.15) is 11.3 Å². The Kier molecular flexibility index (Phi) is 2.33. The monoisotopic (exact) mass is 224 g/mol. The lowest BCUT2D eigenvalue weighted by atomic mass is 10.3. The molecule has 17 heavy (non-hydrogen) atoms. The molecular weight excluding hydrogens is 212 g/mol. The van der Waals surface area contributed by atoms with Crippen molar-refractivity contribution in [1.82, 2.24) is 19.5 Å². The Morgan fingerprint density at radius 1 is 1.12 bits per heavy atom. The first-order valence-electron chi connectivity index (χ1n) is 5.63. The fourth-order valence-corrected chi connectivity index (χ4v) is 1.96. The fourth-order valence-electron chi connectivity index (χ4n) is 1.96. The van der Waals surface area contributed by atoms with Crippen molar-refractivity contribution in [2.75, 3.05) is 0 Å². The standard InChI is InChI=1S/C13H12N4/c1-2-12-16-11-4-3-7-15-13(11)17(12)10-5-8-14-9-6-10/h3-9H,2H2,1H3. The van der Waals surface area contributed by atoms with E-state index in [1.54, 1.807) is 18.6 Å². The van der Waals surface area contributed by atoms with Crippen LogP contribution in [0.4, 0.5) is 0 Å². The zero-order valence-electron chi connectivity index (χ0n) is 9.54. The molecule has 0 amide bonds. The SMILES string of the molecule is CCc1nc2cccnc2n1-c1ccncc1. The first-order valence-corrected chi connectivity index (χ1v) is 5.63. The van der Waals surface area contributed by atoms with Crippen LogP contribution in [0.3, 0.4) is 0 Å². The van der Waals surface area contributed by atoms with Gasteiger partial charge in [-0.2, -0.15) is 0 Å². The van der Waals surface area contributed by atoms with Crippen LogP contribution in [0.5, 0.6) is 0 Å². The third-order valence-corrected chi connectivity index (χ3v) is 2.72. The molecule has 0 atom stereocenters. The highest BCUT2D eigenvalue weighted by molar-refractivity contribution is 5.73. The predicted molar refractivity (Wildman–Crippen MR) is 66.0 cm³/mol. The molecule has 0 aromatic carbocycles. The largest absolute Gasteiger partial charge is 0.281 e. The smallest absolute Gasteiger partial charge is 0.164 e. The average molecular weight is 224 g/mol. The minimum atomic E-state index is 0.874. The lowest BCUT2D eigenvalue weighted by molar-refractivity contribution is 0.899. The van der Waals surface area contributed by atoms with Gasteiger partial charge in [0.05, 0.1) is 5.69 Å². The number of aryl methyl sites for hydroxylation is 1. The Labute approximate surface area is 99.0 Å². The molecule has 4 heteroatoms. The van der Waals surface area contributed by atoms with Gasteiger partial charge >= 0.3 is 0 Å². The molecule has 3 rings (SSSR count). The molecule has 4 nitrogen and oxygen atoms in total. The number of rotatable bonds is 2. The number of aromatic nitrogens is 4. The number of nitrogens with zero attached hydrogens (tertiary/aromatic N) is 4. The van der Waals surface area contributed by atoms with Crippen molar-refractivity contribution in [3.63, 3.8) is 0 Å². The molecular formula is C13H12N4. The van der Waals surface area contributed by atoms with Gasteiger partial charge in [-0.05, 0) is 24.3 Å². The Hall–Kier alpha value is -2.23. The van der Waals surface area contributed by atoms with Crippen LogP contribution in [0.15, 0.2) is 42.9 Å². The van der Waals surface area contributed by atoms with Gasteiger partial charge in [0.25, 0.3) is 0 Å². The van der Waals surface area contributed by atoms with Gasteiger partial charge in [0.15, 0.2) is 5.65 Å². The Morgan fingerprint density at radius 3 is 2.71 bits per heavy atom.